The average Bonchev–Trinajstić information content (AvgIpc) is 3.53. The van der Waals surface area contributed by atoms with E-state index in [2.05, 4.69) is 25.8 Å². The Hall–Kier alpha value is -3.86. The predicted molar refractivity (Wildman–Crippen MR) is 137 cm³/mol. The van der Waals surface area contributed by atoms with Crippen molar-refractivity contribution in [2.24, 2.45) is 5.92 Å². The second kappa shape index (κ2) is 10.6. The fourth-order valence-corrected chi connectivity index (χ4v) is 4.61. The van der Waals surface area contributed by atoms with E-state index < -0.39 is 0 Å². The first-order valence-electron chi connectivity index (χ1n) is 12.5. The second-order valence-corrected chi connectivity index (χ2v) is 9.46. The van der Waals surface area contributed by atoms with Crippen molar-refractivity contribution >= 4 is 23.4 Å². The molecule has 0 saturated heterocycles. The molecular weight excluding hydrogens is 438 g/mol. The van der Waals surface area contributed by atoms with Crippen molar-refractivity contribution in [2.45, 2.75) is 63.6 Å². The number of carbonyl (C=O) groups excluding carboxylic acids is 1. The van der Waals surface area contributed by atoms with Gasteiger partial charge in [-0.05, 0) is 49.3 Å². The van der Waals surface area contributed by atoms with Gasteiger partial charge in [0.1, 0.15) is 17.7 Å². The van der Waals surface area contributed by atoms with E-state index in [1.54, 1.807) is 12.1 Å². The van der Waals surface area contributed by atoms with E-state index in [4.69, 9.17) is 11.6 Å². The van der Waals surface area contributed by atoms with Gasteiger partial charge >= 0.3 is 0 Å². The monoisotopic (exact) mass is 469 g/mol. The molecule has 2 aliphatic carbocycles. The molecule has 180 valence electrons. The van der Waals surface area contributed by atoms with Crippen molar-refractivity contribution in [3.05, 3.63) is 71.8 Å². The van der Waals surface area contributed by atoms with Gasteiger partial charge in [0, 0.05) is 31.0 Å². The fourth-order valence-electron chi connectivity index (χ4n) is 4.61. The third-order valence-electron chi connectivity index (χ3n) is 6.73. The van der Waals surface area contributed by atoms with Crippen LogP contribution in [0.4, 0.5) is 17.5 Å². The van der Waals surface area contributed by atoms with E-state index in [-0.39, 0.29) is 17.9 Å². The predicted octanol–water partition coefficient (Wildman–Crippen LogP) is 5.07. The van der Waals surface area contributed by atoms with Gasteiger partial charge in [-0.25, -0.2) is 4.85 Å². The maximum atomic E-state index is 13.4. The summed E-state index contributed by atoms with van der Waals surface area (Å²) in [4.78, 5) is 26.3. The van der Waals surface area contributed by atoms with Crippen LogP contribution in [-0.2, 0) is 11.3 Å². The number of anilines is 2. The number of carbonyl (C=O) groups is 1. The van der Waals surface area contributed by atoms with Crippen molar-refractivity contribution in [3.63, 3.8) is 0 Å². The van der Waals surface area contributed by atoms with Crippen LogP contribution >= 0.6 is 0 Å². The highest BCUT2D eigenvalue weighted by Gasteiger charge is 2.30. The van der Waals surface area contributed by atoms with Crippen LogP contribution in [0.3, 0.4) is 0 Å². The zero-order chi connectivity index (χ0) is 24.0. The molecule has 5 rings (SSSR count). The van der Waals surface area contributed by atoms with Gasteiger partial charge in [-0.3, -0.25) is 4.79 Å². The van der Waals surface area contributed by atoms with Gasteiger partial charge in [-0.2, -0.15) is 9.97 Å². The zero-order valence-corrected chi connectivity index (χ0v) is 19.8. The Morgan fingerprint density at radius 2 is 1.80 bits per heavy atom. The maximum absolute atomic E-state index is 13.4. The van der Waals surface area contributed by atoms with E-state index in [9.17, 15) is 4.79 Å². The van der Waals surface area contributed by atoms with Crippen molar-refractivity contribution in [2.75, 3.05) is 10.6 Å². The lowest BCUT2D eigenvalue weighted by molar-refractivity contribution is -0.123. The Bertz CT molecular complexity index is 1170. The molecule has 2 heterocycles. The Labute approximate surface area is 206 Å². The van der Waals surface area contributed by atoms with E-state index in [1.165, 1.54) is 6.42 Å². The SMILES string of the molecule is [C-]#[N+]c1ccc(CNC(=O)[C@H](Nc2cc(-n3cccc3)nc(NC3CC3)n2)C2CCCCC2)cc1. The molecule has 2 fully saturated rings. The molecule has 0 bridgehead atoms. The number of nitrogens with one attached hydrogen (secondary N) is 3. The fraction of sp³-hybridized carbons (Fsp3) is 0.407. The van der Waals surface area contributed by atoms with E-state index in [0.717, 1.165) is 49.9 Å². The summed E-state index contributed by atoms with van der Waals surface area (Å²) in [5, 5.41) is 9.99. The third-order valence-corrected chi connectivity index (χ3v) is 6.73. The highest BCUT2D eigenvalue weighted by molar-refractivity contribution is 5.85. The smallest absolute Gasteiger partial charge is 0.243 e. The summed E-state index contributed by atoms with van der Waals surface area (Å²) in [6, 6.07) is 13.2. The summed E-state index contributed by atoms with van der Waals surface area (Å²) in [7, 11) is 0. The molecule has 3 N–H and O–H groups in total. The normalized spacial score (nSPS) is 16.8. The number of hydrogen-bond donors (Lipinski definition) is 3. The number of benzene rings is 1. The minimum atomic E-state index is -0.376. The molecular formula is C27H31N7O. The maximum Gasteiger partial charge on any atom is 0.243 e. The number of amides is 1. The van der Waals surface area contributed by atoms with Crippen molar-refractivity contribution in [3.8, 4) is 5.82 Å². The van der Waals surface area contributed by atoms with Crippen molar-refractivity contribution in [1.82, 2.24) is 19.9 Å². The Balaban J connectivity index is 1.36. The zero-order valence-electron chi connectivity index (χ0n) is 19.8. The summed E-state index contributed by atoms with van der Waals surface area (Å²) in [6.45, 7) is 7.53. The Morgan fingerprint density at radius 3 is 2.49 bits per heavy atom. The minimum Gasteiger partial charge on any atom is -0.358 e. The quantitative estimate of drug-likeness (QED) is 0.381. The molecule has 3 aromatic rings. The third kappa shape index (κ3) is 5.99. The summed E-state index contributed by atoms with van der Waals surface area (Å²) >= 11 is 0. The first kappa shape index (κ1) is 22.9. The number of aromatic nitrogens is 3. The lowest BCUT2D eigenvalue weighted by Crippen LogP contribution is -2.45. The Morgan fingerprint density at radius 1 is 1.06 bits per heavy atom. The van der Waals surface area contributed by atoms with Crippen LogP contribution in [0.25, 0.3) is 10.7 Å². The van der Waals surface area contributed by atoms with Crippen LogP contribution in [-0.4, -0.2) is 32.5 Å². The standard InChI is InChI=1S/C27H31N7O/c1-28-21-11-9-19(10-12-21)18-29-26(35)25(20-7-3-2-4-8-20)31-23-17-24(34-15-5-6-16-34)33-27(32-23)30-22-13-14-22/h5-6,9-12,15-17,20,22,25H,2-4,7-8,13-14,18H2,(H,29,35)(H2,30,31,32,33)/t25-/m1/s1. The van der Waals surface area contributed by atoms with Gasteiger partial charge in [0.05, 0.1) is 6.57 Å². The first-order chi connectivity index (χ1) is 17.2. The second-order valence-electron chi connectivity index (χ2n) is 9.46. The van der Waals surface area contributed by atoms with Crippen LogP contribution in [0.15, 0.2) is 54.9 Å². The molecule has 1 atom stereocenters. The lowest BCUT2D eigenvalue weighted by atomic mass is 9.83. The van der Waals surface area contributed by atoms with Gasteiger partial charge in [0.25, 0.3) is 0 Å². The van der Waals surface area contributed by atoms with E-state index >= 15 is 0 Å². The molecule has 0 spiro atoms. The van der Waals surface area contributed by atoms with Crippen molar-refractivity contribution < 1.29 is 4.79 Å². The highest BCUT2D eigenvalue weighted by Crippen LogP contribution is 2.29. The molecule has 0 radical (unpaired) electrons. The van der Waals surface area contributed by atoms with Crippen LogP contribution < -0.4 is 16.0 Å². The van der Waals surface area contributed by atoms with Gasteiger partial charge in [-0.15, -0.1) is 0 Å². The van der Waals surface area contributed by atoms with Crippen LogP contribution in [0.5, 0.6) is 0 Å². The number of hydrogen-bond acceptors (Lipinski definition) is 5. The van der Waals surface area contributed by atoms with Gasteiger partial charge in [0.15, 0.2) is 5.69 Å². The molecule has 2 aromatic heterocycles. The highest BCUT2D eigenvalue weighted by atomic mass is 16.2. The first-order valence-corrected chi connectivity index (χ1v) is 12.5. The summed E-state index contributed by atoms with van der Waals surface area (Å²) in [5.74, 6) is 2.23. The summed E-state index contributed by atoms with van der Waals surface area (Å²) in [5.41, 5.74) is 1.57. The molecule has 35 heavy (non-hydrogen) atoms. The number of nitrogens with zero attached hydrogens (tertiary/aromatic N) is 4. The van der Waals surface area contributed by atoms with Crippen molar-refractivity contribution in [1.29, 1.82) is 0 Å². The molecule has 8 heteroatoms. The lowest BCUT2D eigenvalue weighted by Gasteiger charge is -2.30. The molecule has 0 unspecified atom stereocenters. The molecule has 2 saturated carbocycles. The number of rotatable bonds is 9. The summed E-state index contributed by atoms with van der Waals surface area (Å²) < 4.78 is 1.95. The summed E-state index contributed by atoms with van der Waals surface area (Å²) in [6.07, 6.45) is 11.7. The molecule has 2 aliphatic rings. The van der Waals surface area contributed by atoms with Crippen LogP contribution in [0.1, 0.15) is 50.5 Å². The van der Waals surface area contributed by atoms with Gasteiger partial charge < -0.3 is 20.5 Å². The molecule has 1 amide bonds. The Kier molecular flexibility index (Phi) is 6.94. The van der Waals surface area contributed by atoms with Gasteiger partial charge in [0.2, 0.25) is 11.9 Å². The molecule has 1 aromatic carbocycles. The van der Waals surface area contributed by atoms with Crippen LogP contribution in [0.2, 0.25) is 0 Å². The van der Waals surface area contributed by atoms with Crippen LogP contribution in [0, 0.1) is 12.5 Å². The van der Waals surface area contributed by atoms with E-state index in [1.807, 2.05) is 47.3 Å². The van der Waals surface area contributed by atoms with E-state index in [0.29, 0.717) is 30.0 Å². The molecule has 8 nitrogen and oxygen atoms in total. The topological polar surface area (TPSA) is 88.2 Å². The minimum absolute atomic E-state index is 0.0241. The van der Waals surface area contributed by atoms with Gasteiger partial charge in [-0.1, -0.05) is 43.5 Å². The largest absolute Gasteiger partial charge is 0.358 e. The average molecular weight is 470 g/mol. The molecule has 0 aliphatic heterocycles.